The van der Waals surface area contributed by atoms with Gasteiger partial charge in [0.25, 0.3) is 0 Å². The fourth-order valence-electron chi connectivity index (χ4n) is 4.03. The van der Waals surface area contributed by atoms with Crippen LogP contribution in [-0.2, 0) is 6.42 Å². The van der Waals surface area contributed by atoms with Crippen LogP contribution in [0.4, 0.5) is 0 Å². The van der Waals surface area contributed by atoms with Crippen LogP contribution in [0.1, 0.15) is 117 Å². The first-order chi connectivity index (χ1) is 12.6. The zero-order valence-electron chi connectivity index (χ0n) is 18.4. The van der Waals surface area contributed by atoms with Crippen molar-refractivity contribution in [1.82, 2.24) is 0 Å². The monoisotopic (exact) mass is 364 g/mol. The number of ketones is 1. The maximum Gasteiger partial charge on any atom is 0.167 e. The van der Waals surface area contributed by atoms with Crippen molar-refractivity contribution in [2.45, 2.75) is 85.5 Å². The van der Waals surface area contributed by atoms with E-state index in [1.165, 1.54) is 27.8 Å². The molecular formula is C26H36O. The fraction of sp³-hybridized carbons (Fsp3) is 0.500. The zero-order chi connectivity index (χ0) is 20.3. The van der Waals surface area contributed by atoms with Crippen LogP contribution in [0.3, 0.4) is 0 Å². The van der Waals surface area contributed by atoms with Gasteiger partial charge < -0.3 is 0 Å². The first kappa shape index (κ1) is 21.4. The molecule has 0 bridgehead atoms. The maximum atomic E-state index is 13.6. The summed E-state index contributed by atoms with van der Waals surface area (Å²) < 4.78 is 0. The lowest BCUT2D eigenvalue weighted by Gasteiger charge is -2.22. The van der Waals surface area contributed by atoms with E-state index in [0.29, 0.717) is 30.1 Å². The lowest BCUT2D eigenvalue weighted by molar-refractivity contribution is 0.0990. The molecule has 0 saturated heterocycles. The Morgan fingerprint density at radius 1 is 0.630 bits per heavy atom. The standard InChI is InChI=1S/C26H36O/c1-16(2)20-11-9-12-21(17(3)4)24(20)15-25(27)26-22(18(5)6)13-10-14-23(26)19(7)8/h9-14,16-19H,15H2,1-8H3. The molecule has 0 saturated carbocycles. The van der Waals surface area contributed by atoms with E-state index in [2.05, 4.69) is 91.8 Å². The minimum absolute atomic E-state index is 0.262. The van der Waals surface area contributed by atoms with Crippen molar-refractivity contribution in [1.29, 1.82) is 0 Å². The summed E-state index contributed by atoms with van der Waals surface area (Å²) in [5.74, 6) is 1.77. The van der Waals surface area contributed by atoms with Gasteiger partial charge in [-0.05, 0) is 51.5 Å². The molecule has 2 aromatic rings. The second-order valence-corrected chi connectivity index (χ2v) is 8.95. The van der Waals surface area contributed by atoms with Crippen LogP contribution >= 0.6 is 0 Å². The molecule has 0 heterocycles. The molecule has 0 aliphatic rings. The molecular weight excluding hydrogens is 328 g/mol. The van der Waals surface area contributed by atoms with Crippen LogP contribution < -0.4 is 0 Å². The van der Waals surface area contributed by atoms with E-state index in [0.717, 1.165) is 5.56 Å². The smallest absolute Gasteiger partial charge is 0.167 e. The number of benzene rings is 2. The minimum Gasteiger partial charge on any atom is -0.294 e. The highest BCUT2D eigenvalue weighted by atomic mass is 16.1. The number of hydrogen-bond acceptors (Lipinski definition) is 1. The molecule has 0 aliphatic carbocycles. The predicted molar refractivity (Wildman–Crippen MR) is 117 cm³/mol. The molecule has 0 amide bonds. The van der Waals surface area contributed by atoms with Crippen molar-refractivity contribution in [2.24, 2.45) is 0 Å². The lowest BCUT2D eigenvalue weighted by atomic mass is 9.82. The van der Waals surface area contributed by atoms with Crippen molar-refractivity contribution in [3.8, 4) is 0 Å². The molecule has 27 heavy (non-hydrogen) atoms. The number of rotatable bonds is 7. The molecule has 0 radical (unpaired) electrons. The zero-order valence-corrected chi connectivity index (χ0v) is 18.4. The van der Waals surface area contributed by atoms with Crippen LogP contribution in [0.5, 0.6) is 0 Å². The summed E-state index contributed by atoms with van der Waals surface area (Å²) in [4.78, 5) is 13.6. The van der Waals surface area contributed by atoms with E-state index in [9.17, 15) is 4.79 Å². The van der Waals surface area contributed by atoms with Crippen LogP contribution in [0.25, 0.3) is 0 Å². The number of Topliss-reactive ketones (excluding diaryl/α,β-unsaturated/α-hetero) is 1. The number of hydrogen-bond donors (Lipinski definition) is 0. The average Bonchev–Trinajstić information content (AvgIpc) is 2.60. The van der Waals surface area contributed by atoms with E-state index in [4.69, 9.17) is 0 Å². The topological polar surface area (TPSA) is 17.1 Å². The third-order valence-electron chi connectivity index (χ3n) is 5.48. The van der Waals surface area contributed by atoms with Gasteiger partial charge in [0, 0.05) is 12.0 Å². The van der Waals surface area contributed by atoms with Crippen molar-refractivity contribution < 1.29 is 4.79 Å². The van der Waals surface area contributed by atoms with Gasteiger partial charge in [0.05, 0.1) is 0 Å². The molecule has 0 unspecified atom stereocenters. The molecule has 0 atom stereocenters. The molecule has 0 aromatic heterocycles. The summed E-state index contributed by atoms with van der Waals surface area (Å²) in [6.45, 7) is 17.6. The van der Waals surface area contributed by atoms with Gasteiger partial charge in [-0.2, -0.15) is 0 Å². The van der Waals surface area contributed by atoms with E-state index in [1.807, 2.05) is 0 Å². The second-order valence-electron chi connectivity index (χ2n) is 8.95. The molecule has 0 fully saturated rings. The molecule has 1 heteroatoms. The second kappa shape index (κ2) is 8.87. The largest absolute Gasteiger partial charge is 0.294 e. The summed E-state index contributed by atoms with van der Waals surface area (Å²) in [5, 5.41) is 0. The normalized spacial score (nSPS) is 11.9. The molecule has 0 spiro atoms. The Labute approximate surface area is 166 Å². The molecule has 2 rings (SSSR count). The van der Waals surface area contributed by atoms with Gasteiger partial charge in [0.1, 0.15) is 0 Å². The van der Waals surface area contributed by atoms with Gasteiger partial charge in [-0.15, -0.1) is 0 Å². The Morgan fingerprint density at radius 3 is 1.30 bits per heavy atom. The van der Waals surface area contributed by atoms with Gasteiger partial charge in [-0.1, -0.05) is 91.8 Å². The number of carbonyl (C=O) groups excluding carboxylic acids is 1. The third-order valence-corrected chi connectivity index (χ3v) is 5.48. The minimum atomic E-state index is 0.262. The van der Waals surface area contributed by atoms with E-state index < -0.39 is 0 Å². The molecule has 2 aromatic carbocycles. The summed E-state index contributed by atoms with van der Waals surface area (Å²) in [6, 6.07) is 12.9. The third kappa shape index (κ3) is 4.69. The van der Waals surface area contributed by atoms with Crippen molar-refractivity contribution in [3.63, 3.8) is 0 Å². The predicted octanol–water partition coefficient (Wildman–Crippen LogP) is 7.61. The Bertz CT molecular complexity index is 741. The fourth-order valence-corrected chi connectivity index (χ4v) is 4.03. The van der Waals surface area contributed by atoms with Crippen LogP contribution in [0, 0.1) is 0 Å². The summed E-state index contributed by atoms with van der Waals surface area (Å²) in [5.41, 5.74) is 7.17. The first-order valence-corrected chi connectivity index (χ1v) is 10.4. The highest BCUT2D eigenvalue weighted by molar-refractivity contribution is 6.01. The van der Waals surface area contributed by atoms with E-state index >= 15 is 0 Å². The van der Waals surface area contributed by atoms with Gasteiger partial charge in [-0.3, -0.25) is 4.79 Å². The highest BCUT2D eigenvalue weighted by Crippen LogP contribution is 2.32. The molecule has 0 N–H and O–H groups in total. The van der Waals surface area contributed by atoms with Gasteiger partial charge >= 0.3 is 0 Å². The number of carbonyl (C=O) groups is 1. The summed E-state index contributed by atoms with van der Waals surface area (Å²) in [6.07, 6.45) is 0.491. The van der Waals surface area contributed by atoms with Crippen molar-refractivity contribution >= 4 is 5.78 Å². The van der Waals surface area contributed by atoms with Crippen LogP contribution in [0.2, 0.25) is 0 Å². The highest BCUT2D eigenvalue weighted by Gasteiger charge is 2.23. The van der Waals surface area contributed by atoms with Crippen LogP contribution in [-0.4, -0.2) is 5.78 Å². The van der Waals surface area contributed by atoms with Gasteiger partial charge in [0.15, 0.2) is 5.78 Å². The van der Waals surface area contributed by atoms with Gasteiger partial charge in [0.2, 0.25) is 0 Å². The quantitative estimate of drug-likeness (QED) is 0.462. The Balaban J connectivity index is 2.60. The molecule has 146 valence electrons. The van der Waals surface area contributed by atoms with E-state index in [-0.39, 0.29) is 5.78 Å². The average molecular weight is 365 g/mol. The Morgan fingerprint density at radius 2 is 0.963 bits per heavy atom. The lowest BCUT2D eigenvalue weighted by Crippen LogP contribution is -2.15. The summed E-state index contributed by atoms with van der Waals surface area (Å²) in [7, 11) is 0. The Hall–Kier alpha value is -1.89. The van der Waals surface area contributed by atoms with Crippen molar-refractivity contribution in [2.75, 3.05) is 0 Å². The molecule has 1 nitrogen and oxygen atoms in total. The van der Waals surface area contributed by atoms with E-state index in [1.54, 1.807) is 0 Å². The first-order valence-electron chi connectivity index (χ1n) is 10.4. The van der Waals surface area contributed by atoms with Crippen molar-refractivity contribution in [3.05, 3.63) is 69.8 Å². The maximum absolute atomic E-state index is 13.6. The van der Waals surface area contributed by atoms with Crippen LogP contribution in [0.15, 0.2) is 36.4 Å². The Kier molecular flexibility index (Phi) is 7.03. The summed E-state index contributed by atoms with van der Waals surface area (Å²) >= 11 is 0. The van der Waals surface area contributed by atoms with Gasteiger partial charge in [-0.25, -0.2) is 0 Å². The SMILES string of the molecule is CC(C)c1cccc(C(C)C)c1CC(=O)c1c(C(C)C)cccc1C(C)C. The molecule has 0 aliphatic heterocycles.